The van der Waals surface area contributed by atoms with E-state index in [1.165, 1.54) is 0 Å². The van der Waals surface area contributed by atoms with Crippen molar-refractivity contribution in [3.05, 3.63) is 30.1 Å². The topological polar surface area (TPSA) is 76.7 Å². The summed E-state index contributed by atoms with van der Waals surface area (Å²) in [5, 5.41) is 12.7. The van der Waals surface area contributed by atoms with Gasteiger partial charge in [0.05, 0.1) is 12.1 Å². The van der Waals surface area contributed by atoms with E-state index in [-0.39, 0.29) is 24.2 Å². The summed E-state index contributed by atoms with van der Waals surface area (Å²) in [5.74, 6) is 0.708. The molecule has 0 spiro atoms. The highest BCUT2D eigenvalue weighted by atomic mass is 16.2. The monoisotopic (exact) mass is 324 g/mol. The number of aromatic nitrogens is 2. The van der Waals surface area contributed by atoms with Gasteiger partial charge in [-0.3, -0.25) is 4.40 Å². The molecule has 4 heterocycles. The first kappa shape index (κ1) is 14.8. The molecule has 2 atom stereocenters. The molecule has 0 bridgehead atoms. The van der Waals surface area contributed by atoms with E-state index in [4.69, 9.17) is 0 Å². The Labute approximate surface area is 140 Å². The van der Waals surface area contributed by atoms with Crippen LogP contribution in [0.4, 0.5) is 10.6 Å². The van der Waals surface area contributed by atoms with E-state index in [1.807, 2.05) is 47.5 Å². The van der Waals surface area contributed by atoms with Gasteiger partial charge in [0.15, 0.2) is 11.5 Å². The third kappa shape index (κ3) is 2.10. The number of rotatable bonds is 2. The fraction of sp³-hybridized carbons (Fsp3) is 0.471. The molecule has 2 aromatic rings. The first-order chi connectivity index (χ1) is 11.6. The van der Waals surface area contributed by atoms with Gasteiger partial charge >= 0.3 is 6.03 Å². The number of carbonyl (C=O) groups is 1. The maximum absolute atomic E-state index is 12.2. The van der Waals surface area contributed by atoms with Crippen molar-refractivity contribution < 1.29 is 4.79 Å². The largest absolute Gasteiger partial charge is 0.352 e. The smallest absolute Gasteiger partial charge is 0.318 e. The minimum atomic E-state index is 0.0114. The number of urea groups is 1. The number of hydrogen-bond acceptors (Lipinski definition) is 4. The molecule has 124 valence electrons. The van der Waals surface area contributed by atoms with E-state index in [0.29, 0.717) is 18.1 Å². The van der Waals surface area contributed by atoms with Crippen LogP contribution in [0.15, 0.2) is 24.4 Å². The molecule has 7 nitrogen and oxygen atoms in total. The normalized spacial score (nSPS) is 23.5. The molecular formula is C17H20N6O. The quantitative estimate of drug-likeness (QED) is 0.910. The molecular weight excluding hydrogens is 304 g/mol. The lowest BCUT2D eigenvalue weighted by Crippen LogP contribution is -2.52. The molecule has 0 radical (unpaired) electrons. The summed E-state index contributed by atoms with van der Waals surface area (Å²) in [5.41, 5.74) is 1.32. The number of carbonyl (C=O) groups excluding carboxylic acids is 1. The Morgan fingerprint density at radius 1 is 1.42 bits per heavy atom. The standard InChI is InChI=1S/C17H20N6O/c1-11(2)23-13-6-8-21(10-12(13)19-17(23)24)16-14(9-18)22-7-4-3-5-15(22)20-16/h3-5,7,11-13H,6,8,10H2,1-2H3,(H,19,24)/t12-,13+/m1/s1. The van der Waals surface area contributed by atoms with Crippen molar-refractivity contribution in [2.24, 2.45) is 0 Å². The number of nitrogens with zero attached hydrogens (tertiary/aromatic N) is 5. The molecule has 0 aliphatic carbocycles. The summed E-state index contributed by atoms with van der Waals surface area (Å²) in [7, 11) is 0. The summed E-state index contributed by atoms with van der Waals surface area (Å²) in [6, 6.07) is 8.47. The SMILES string of the molecule is CC(C)N1C(=O)N[C@@H]2CN(c3nc4ccccn4c3C#N)CC[C@@H]21. The van der Waals surface area contributed by atoms with Crippen LogP contribution in [0.25, 0.3) is 5.65 Å². The Morgan fingerprint density at radius 3 is 3.00 bits per heavy atom. The molecule has 24 heavy (non-hydrogen) atoms. The zero-order valence-corrected chi connectivity index (χ0v) is 13.8. The molecule has 1 N–H and O–H groups in total. The fourth-order valence-electron chi connectivity index (χ4n) is 3.92. The highest BCUT2D eigenvalue weighted by molar-refractivity contribution is 5.78. The van der Waals surface area contributed by atoms with Gasteiger partial charge in [-0.05, 0) is 32.4 Å². The van der Waals surface area contributed by atoms with Crippen LogP contribution in [0.3, 0.4) is 0 Å². The summed E-state index contributed by atoms with van der Waals surface area (Å²) in [4.78, 5) is 20.9. The number of nitriles is 1. The Kier molecular flexibility index (Phi) is 3.34. The Bertz CT molecular complexity index is 835. The van der Waals surface area contributed by atoms with E-state index in [0.717, 1.165) is 18.6 Å². The van der Waals surface area contributed by atoms with Gasteiger partial charge in [-0.25, -0.2) is 9.78 Å². The van der Waals surface area contributed by atoms with Crippen molar-refractivity contribution in [1.29, 1.82) is 5.26 Å². The maximum atomic E-state index is 12.2. The van der Waals surface area contributed by atoms with E-state index in [2.05, 4.69) is 21.3 Å². The molecule has 2 saturated heterocycles. The highest BCUT2D eigenvalue weighted by Gasteiger charge is 2.44. The Morgan fingerprint density at radius 2 is 2.25 bits per heavy atom. The molecule has 4 rings (SSSR count). The Balaban J connectivity index is 1.65. The van der Waals surface area contributed by atoms with Crippen molar-refractivity contribution in [3.63, 3.8) is 0 Å². The van der Waals surface area contributed by atoms with Gasteiger partial charge in [0, 0.05) is 25.3 Å². The molecule has 2 aliphatic rings. The summed E-state index contributed by atoms with van der Waals surface area (Å²) in [6.07, 6.45) is 2.73. The average Bonchev–Trinajstić information content (AvgIpc) is 3.10. The summed E-state index contributed by atoms with van der Waals surface area (Å²) >= 11 is 0. The van der Waals surface area contributed by atoms with E-state index < -0.39 is 0 Å². The molecule has 7 heteroatoms. The van der Waals surface area contributed by atoms with Gasteiger partial charge in [0.25, 0.3) is 0 Å². The number of piperidine rings is 1. The lowest BCUT2D eigenvalue weighted by Gasteiger charge is -2.38. The molecule has 2 aliphatic heterocycles. The van der Waals surface area contributed by atoms with Crippen LogP contribution < -0.4 is 10.2 Å². The van der Waals surface area contributed by atoms with Crippen LogP contribution in [0, 0.1) is 11.3 Å². The van der Waals surface area contributed by atoms with Crippen molar-refractivity contribution in [2.75, 3.05) is 18.0 Å². The molecule has 2 fully saturated rings. The van der Waals surface area contributed by atoms with Crippen LogP contribution >= 0.6 is 0 Å². The third-order valence-electron chi connectivity index (χ3n) is 4.95. The van der Waals surface area contributed by atoms with Crippen molar-refractivity contribution >= 4 is 17.5 Å². The lowest BCUT2D eigenvalue weighted by atomic mass is 9.99. The number of imidazole rings is 1. The first-order valence-electron chi connectivity index (χ1n) is 8.31. The minimum Gasteiger partial charge on any atom is -0.352 e. The van der Waals surface area contributed by atoms with Crippen LogP contribution in [-0.4, -0.2) is 51.5 Å². The van der Waals surface area contributed by atoms with Crippen molar-refractivity contribution in [3.8, 4) is 6.07 Å². The molecule has 2 amide bonds. The second-order valence-electron chi connectivity index (χ2n) is 6.68. The average molecular weight is 324 g/mol. The predicted octanol–water partition coefficient (Wildman–Crippen LogP) is 1.59. The van der Waals surface area contributed by atoms with Crippen LogP contribution in [0.2, 0.25) is 0 Å². The number of hydrogen-bond donors (Lipinski definition) is 1. The fourth-order valence-corrected chi connectivity index (χ4v) is 3.92. The molecule has 0 aromatic carbocycles. The van der Waals surface area contributed by atoms with Gasteiger partial charge < -0.3 is 15.1 Å². The van der Waals surface area contributed by atoms with Gasteiger partial charge in [-0.2, -0.15) is 5.26 Å². The lowest BCUT2D eigenvalue weighted by molar-refractivity contribution is 0.175. The Hall–Kier alpha value is -2.75. The van der Waals surface area contributed by atoms with E-state index >= 15 is 0 Å². The number of fused-ring (bicyclic) bond motifs is 2. The van der Waals surface area contributed by atoms with Gasteiger partial charge in [-0.1, -0.05) is 6.07 Å². The number of anilines is 1. The maximum Gasteiger partial charge on any atom is 0.318 e. The summed E-state index contributed by atoms with van der Waals surface area (Å²) < 4.78 is 1.81. The zero-order chi connectivity index (χ0) is 16.8. The van der Waals surface area contributed by atoms with Gasteiger partial charge in [0.1, 0.15) is 11.7 Å². The highest BCUT2D eigenvalue weighted by Crippen LogP contribution is 2.29. The number of amides is 2. The van der Waals surface area contributed by atoms with Gasteiger partial charge in [0.2, 0.25) is 0 Å². The second kappa shape index (κ2) is 5.41. The molecule has 0 unspecified atom stereocenters. The number of nitrogens with one attached hydrogen (secondary N) is 1. The van der Waals surface area contributed by atoms with Crippen LogP contribution in [0.1, 0.15) is 26.0 Å². The van der Waals surface area contributed by atoms with Crippen molar-refractivity contribution in [1.82, 2.24) is 19.6 Å². The second-order valence-corrected chi connectivity index (χ2v) is 6.68. The molecule has 2 aromatic heterocycles. The van der Waals surface area contributed by atoms with Crippen molar-refractivity contribution in [2.45, 2.75) is 38.4 Å². The van der Waals surface area contributed by atoms with E-state index in [9.17, 15) is 10.1 Å². The van der Waals surface area contributed by atoms with Crippen LogP contribution in [0.5, 0.6) is 0 Å². The first-order valence-corrected chi connectivity index (χ1v) is 8.31. The third-order valence-corrected chi connectivity index (χ3v) is 4.95. The zero-order valence-electron chi connectivity index (χ0n) is 13.8. The van der Waals surface area contributed by atoms with Crippen LogP contribution in [-0.2, 0) is 0 Å². The summed E-state index contributed by atoms with van der Waals surface area (Å²) in [6.45, 7) is 5.56. The van der Waals surface area contributed by atoms with Gasteiger partial charge in [-0.15, -0.1) is 0 Å². The predicted molar refractivity (Wildman–Crippen MR) is 89.8 cm³/mol. The van der Waals surface area contributed by atoms with E-state index in [1.54, 1.807) is 0 Å². The number of pyridine rings is 1. The molecule has 0 saturated carbocycles. The minimum absolute atomic E-state index is 0.0114.